The molecule has 0 fully saturated rings. The zero-order chi connectivity index (χ0) is 30.4. The van der Waals surface area contributed by atoms with Gasteiger partial charge >= 0.3 is 5.97 Å². The lowest BCUT2D eigenvalue weighted by Crippen LogP contribution is -1.84. The Morgan fingerprint density at radius 2 is 0.643 bits per heavy atom. The van der Waals surface area contributed by atoms with Crippen LogP contribution < -0.4 is 0 Å². The second kappa shape index (κ2) is 37.2. The molecule has 0 atom stereocenters. The summed E-state index contributed by atoms with van der Waals surface area (Å²) in [6.07, 6.45) is 58.5. The van der Waals surface area contributed by atoms with E-state index >= 15 is 0 Å². The van der Waals surface area contributed by atoms with Crippen molar-refractivity contribution in [2.24, 2.45) is 0 Å². The average Bonchev–Trinajstić information content (AvgIpc) is 2.98. The summed E-state index contributed by atoms with van der Waals surface area (Å²) < 4.78 is 0. The van der Waals surface area contributed by atoms with Crippen molar-refractivity contribution in [3.63, 3.8) is 0 Å². The number of rotatable bonds is 33. The molecule has 0 aliphatic carbocycles. The van der Waals surface area contributed by atoms with Crippen molar-refractivity contribution in [3.8, 4) is 0 Å². The van der Waals surface area contributed by atoms with Crippen molar-refractivity contribution < 1.29 is 9.90 Å². The summed E-state index contributed by atoms with van der Waals surface area (Å²) in [5, 5.41) is 8.48. The monoisotopic (exact) mass is 583 g/mol. The topological polar surface area (TPSA) is 37.3 Å². The highest BCUT2D eigenvalue weighted by molar-refractivity contribution is 5.80. The molecule has 0 aliphatic heterocycles. The first kappa shape index (κ1) is 40.2. The van der Waals surface area contributed by atoms with Crippen molar-refractivity contribution in [2.75, 3.05) is 0 Å². The van der Waals surface area contributed by atoms with Gasteiger partial charge in [-0.2, -0.15) is 0 Å². The van der Waals surface area contributed by atoms with E-state index in [-0.39, 0.29) is 0 Å². The fraction of sp³-hybridized carbons (Fsp3) is 0.725. The summed E-state index contributed by atoms with van der Waals surface area (Å²) in [5.41, 5.74) is 0. The van der Waals surface area contributed by atoms with E-state index in [9.17, 15) is 4.79 Å². The Balaban J connectivity index is 3.19. The minimum Gasteiger partial charge on any atom is -0.478 e. The lowest BCUT2D eigenvalue weighted by atomic mass is 10.0. The molecule has 242 valence electrons. The molecule has 0 unspecified atom stereocenters. The molecule has 0 radical (unpaired) electrons. The quantitative estimate of drug-likeness (QED) is 0.0474. The van der Waals surface area contributed by atoms with Gasteiger partial charge in [0, 0.05) is 6.08 Å². The van der Waals surface area contributed by atoms with Crippen LogP contribution in [0.3, 0.4) is 0 Å². The van der Waals surface area contributed by atoms with E-state index in [1.54, 1.807) is 6.08 Å². The molecule has 0 heterocycles. The first-order valence-electron chi connectivity index (χ1n) is 18.3. The van der Waals surface area contributed by atoms with Crippen LogP contribution in [0.4, 0.5) is 0 Å². The molecule has 0 aromatic carbocycles. The van der Waals surface area contributed by atoms with Crippen LogP contribution >= 0.6 is 0 Å². The van der Waals surface area contributed by atoms with Crippen LogP contribution in [0, 0.1) is 0 Å². The van der Waals surface area contributed by atoms with Gasteiger partial charge in [-0.15, -0.1) is 0 Å². The van der Waals surface area contributed by atoms with Crippen LogP contribution in [0.5, 0.6) is 0 Å². The zero-order valence-corrected chi connectivity index (χ0v) is 27.9. The zero-order valence-electron chi connectivity index (χ0n) is 27.9. The number of aliphatic carboxylic acids is 1. The van der Waals surface area contributed by atoms with Gasteiger partial charge in [0.25, 0.3) is 0 Å². The highest BCUT2D eigenvalue weighted by atomic mass is 16.4. The summed E-state index contributed by atoms with van der Waals surface area (Å²) in [6.45, 7) is 2.30. The summed E-state index contributed by atoms with van der Waals surface area (Å²) in [7, 11) is 0. The van der Waals surface area contributed by atoms with Crippen LogP contribution in [0.2, 0.25) is 0 Å². The van der Waals surface area contributed by atoms with E-state index in [2.05, 4.69) is 19.1 Å². The van der Waals surface area contributed by atoms with Crippen LogP contribution in [0.15, 0.2) is 60.8 Å². The third-order valence-electron chi connectivity index (χ3n) is 8.13. The highest BCUT2D eigenvalue weighted by Gasteiger charge is 1.96. The molecule has 0 spiro atoms. The largest absolute Gasteiger partial charge is 0.478 e. The van der Waals surface area contributed by atoms with Crippen LogP contribution in [-0.4, -0.2) is 11.1 Å². The number of unbranched alkanes of at least 4 members (excludes halogenated alkanes) is 27. The Morgan fingerprint density at radius 3 is 0.952 bits per heavy atom. The first-order valence-corrected chi connectivity index (χ1v) is 18.3. The van der Waals surface area contributed by atoms with Gasteiger partial charge in [-0.1, -0.05) is 229 Å². The molecule has 0 amide bonds. The lowest BCUT2D eigenvalue weighted by molar-refractivity contribution is -0.131. The van der Waals surface area contributed by atoms with E-state index in [1.165, 1.54) is 179 Å². The van der Waals surface area contributed by atoms with E-state index in [1.807, 2.05) is 30.4 Å². The molecule has 42 heavy (non-hydrogen) atoms. The Labute approximate surface area is 262 Å². The Hall–Kier alpha value is -1.83. The van der Waals surface area contributed by atoms with Crippen molar-refractivity contribution in [3.05, 3.63) is 60.8 Å². The van der Waals surface area contributed by atoms with Gasteiger partial charge in [-0.25, -0.2) is 4.79 Å². The van der Waals surface area contributed by atoms with E-state index in [0.717, 1.165) is 12.5 Å². The Bertz CT molecular complexity index is 682. The first-order chi connectivity index (χ1) is 20.8. The number of allylic oxidation sites excluding steroid dienone is 9. The van der Waals surface area contributed by atoms with E-state index in [0.29, 0.717) is 0 Å². The number of hydrogen-bond acceptors (Lipinski definition) is 1. The van der Waals surface area contributed by atoms with Crippen LogP contribution in [0.25, 0.3) is 0 Å². The third kappa shape index (κ3) is 38.2. The molecule has 0 aromatic heterocycles. The van der Waals surface area contributed by atoms with Crippen molar-refractivity contribution in [2.45, 2.75) is 187 Å². The van der Waals surface area contributed by atoms with Crippen LogP contribution in [0.1, 0.15) is 187 Å². The molecule has 0 aromatic rings. The number of carbonyl (C=O) groups is 1. The minimum atomic E-state index is -0.926. The molecule has 0 saturated carbocycles. The van der Waals surface area contributed by atoms with E-state index in [4.69, 9.17) is 5.11 Å². The fourth-order valence-electron chi connectivity index (χ4n) is 5.45. The van der Waals surface area contributed by atoms with Gasteiger partial charge in [-0.05, 0) is 12.8 Å². The van der Waals surface area contributed by atoms with Gasteiger partial charge in [0.2, 0.25) is 0 Å². The summed E-state index contributed by atoms with van der Waals surface area (Å²) in [4.78, 5) is 10.3. The molecule has 0 rings (SSSR count). The number of carboxylic acid groups (broad SMARTS) is 1. The second-order valence-electron chi connectivity index (χ2n) is 12.3. The summed E-state index contributed by atoms with van der Waals surface area (Å²) in [6, 6.07) is 0. The van der Waals surface area contributed by atoms with Crippen molar-refractivity contribution >= 4 is 5.97 Å². The fourth-order valence-corrected chi connectivity index (χ4v) is 5.45. The van der Waals surface area contributed by atoms with E-state index < -0.39 is 5.97 Å². The minimum absolute atomic E-state index is 0.926. The van der Waals surface area contributed by atoms with Crippen LogP contribution in [-0.2, 0) is 4.79 Å². The number of hydrogen-bond donors (Lipinski definition) is 1. The lowest BCUT2D eigenvalue weighted by Gasteiger charge is -2.04. The van der Waals surface area contributed by atoms with Crippen molar-refractivity contribution in [1.82, 2.24) is 0 Å². The smallest absolute Gasteiger partial charge is 0.328 e. The molecule has 0 bridgehead atoms. The maximum atomic E-state index is 10.3. The maximum Gasteiger partial charge on any atom is 0.328 e. The highest BCUT2D eigenvalue weighted by Crippen LogP contribution is 2.16. The Morgan fingerprint density at radius 1 is 0.381 bits per heavy atom. The molecular formula is C40H70O2. The van der Waals surface area contributed by atoms with Gasteiger partial charge in [-0.3, -0.25) is 0 Å². The summed E-state index contributed by atoms with van der Waals surface area (Å²) in [5.74, 6) is -0.926. The van der Waals surface area contributed by atoms with Gasteiger partial charge in [0.15, 0.2) is 0 Å². The van der Waals surface area contributed by atoms with Gasteiger partial charge in [0.05, 0.1) is 0 Å². The molecule has 0 saturated heterocycles. The molecule has 0 aliphatic rings. The molecule has 1 N–H and O–H groups in total. The van der Waals surface area contributed by atoms with Gasteiger partial charge in [0.1, 0.15) is 0 Å². The second-order valence-corrected chi connectivity index (χ2v) is 12.3. The Kier molecular flexibility index (Phi) is 35.6. The standard InChI is InChI=1S/C40H70O2/c1-2-3-4-5-6-7-8-9-10-11-12-13-14-15-16-17-18-19-20-21-22-23-24-25-26-27-28-29-30-31-32-33-34-35-36-37-38-39-40(41)42/h30-39H,2-29H2,1H3,(H,41,42). The predicted molar refractivity (Wildman–Crippen MR) is 188 cm³/mol. The molecular weight excluding hydrogens is 512 g/mol. The maximum absolute atomic E-state index is 10.3. The normalized spacial score (nSPS) is 12.4. The third-order valence-corrected chi connectivity index (χ3v) is 8.13. The van der Waals surface area contributed by atoms with Gasteiger partial charge < -0.3 is 5.11 Å². The predicted octanol–water partition coefficient (Wildman–Crippen LogP) is 13.8. The average molecular weight is 583 g/mol. The SMILES string of the molecule is CCCCCCCCCCCCCCCCCCCCCCCCCCCCCC=CC=CC=CC=CC=CC(=O)O. The van der Waals surface area contributed by atoms with Crippen molar-refractivity contribution in [1.29, 1.82) is 0 Å². The molecule has 2 heteroatoms. The summed E-state index contributed by atoms with van der Waals surface area (Å²) >= 11 is 0. The number of carboxylic acids is 1. The molecule has 2 nitrogen and oxygen atoms in total.